The molecule has 1 aromatic rings. The minimum absolute atomic E-state index is 0.129. The number of nitrogens with zero attached hydrogens (tertiary/aromatic N) is 2. The Morgan fingerprint density at radius 1 is 1.63 bits per heavy atom. The van der Waals surface area contributed by atoms with Crippen molar-refractivity contribution in [3.63, 3.8) is 0 Å². The number of aliphatic carboxylic acids is 1. The van der Waals surface area contributed by atoms with Crippen LogP contribution in [0, 0.1) is 5.41 Å². The topological polar surface area (TPSA) is 84.3 Å². The molecule has 0 aliphatic heterocycles. The van der Waals surface area contributed by atoms with Crippen LogP contribution in [-0.2, 0) is 4.79 Å². The first-order valence-corrected chi connectivity index (χ1v) is 6.51. The van der Waals surface area contributed by atoms with Crippen molar-refractivity contribution in [1.29, 1.82) is 0 Å². The van der Waals surface area contributed by atoms with Gasteiger partial charge in [-0.1, -0.05) is 6.42 Å². The highest BCUT2D eigenvalue weighted by molar-refractivity contribution is 5.76. The SMILES string of the molecule is CCOc1cncc(NC2CCCC2(C)C(=O)O)n1. The highest BCUT2D eigenvalue weighted by Gasteiger charge is 2.45. The van der Waals surface area contributed by atoms with Crippen LogP contribution in [0.25, 0.3) is 0 Å². The number of anilines is 1. The minimum Gasteiger partial charge on any atom is -0.481 e. The second-order valence-electron chi connectivity index (χ2n) is 4.99. The molecule has 1 aliphatic rings. The fourth-order valence-corrected chi connectivity index (χ4v) is 2.47. The van der Waals surface area contributed by atoms with Gasteiger partial charge in [0.25, 0.3) is 0 Å². The summed E-state index contributed by atoms with van der Waals surface area (Å²) in [7, 11) is 0. The van der Waals surface area contributed by atoms with Gasteiger partial charge < -0.3 is 15.2 Å². The molecule has 1 aromatic heterocycles. The molecule has 2 N–H and O–H groups in total. The quantitative estimate of drug-likeness (QED) is 0.846. The Hall–Kier alpha value is -1.85. The van der Waals surface area contributed by atoms with E-state index in [0.29, 0.717) is 24.7 Å². The molecule has 0 aromatic carbocycles. The molecule has 1 fully saturated rings. The smallest absolute Gasteiger partial charge is 0.311 e. The Bertz CT molecular complexity index is 466. The van der Waals surface area contributed by atoms with Gasteiger partial charge in [-0.3, -0.25) is 9.78 Å². The standard InChI is InChI=1S/C13H19N3O3/c1-3-19-11-8-14-7-10(16-11)15-9-5-4-6-13(9,2)12(17)18/h7-9H,3-6H2,1-2H3,(H,15,16)(H,17,18). The molecule has 0 radical (unpaired) electrons. The third-order valence-electron chi connectivity index (χ3n) is 3.67. The fourth-order valence-electron chi connectivity index (χ4n) is 2.47. The molecular formula is C13H19N3O3. The number of hydrogen-bond donors (Lipinski definition) is 2. The maximum atomic E-state index is 11.4. The molecule has 0 saturated heterocycles. The Balaban J connectivity index is 2.12. The number of rotatable bonds is 5. The molecule has 104 valence electrons. The van der Waals surface area contributed by atoms with Crippen LogP contribution in [-0.4, -0.2) is 33.7 Å². The van der Waals surface area contributed by atoms with Crippen molar-refractivity contribution in [2.45, 2.75) is 39.2 Å². The second-order valence-corrected chi connectivity index (χ2v) is 4.99. The zero-order chi connectivity index (χ0) is 13.9. The van der Waals surface area contributed by atoms with Gasteiger partial charge in [0.15, 0.2) is 0 Å². The molecule has 2 atom stereocenters. The number of nitrogens with one attached hydrogen (secondary N) is 1. The summed E-state index contributed by atoms with van der Waals surface area (Å²) >= 11 is 0. The van der Waals surface area contributed by atoms with E-state index in [-0.39, 0.29) is 6.04 Å². The summed E-state index contributed by atoms with van der Waals surface area (Å²) in [5.74, 6) is 0.240. The summed E-state index contributed by atoms with van der Waals surface area (Å²) < 4.78 is 5.28. The maximum Gasteiger partial charge on any atom is 0.311 e. The molecule has 1 heterocycles. The molecule has 0 bridgehead atoms. The van der Waals surface area contributed by atoms with Crippen LogP contribution in [0.4, 0.5) is 5.82 Å². The fraction of sp³-hybridized carbons (Fsp3) is 0.615. The van der Waals surface area contributed by atoms with Gasteiger partial charge in [0, 0.05) is 6.04 Å². The van der Waals surface area contributed by atoms with Crippen molar-refractivity contribution in [1.82, 2.24) is 9.97 Å². The lowest BCUT2D eigenvalue weighted by Crippen LogP contribution is -2.40. The maximum absolute atomic E-state index is 11.4. The van der Waals surface area contributed by atoms with Crippen LogP contribution in [0.2, 0.25) is 0 Å². The number of ether oxygens (including phenoxy) is 1. The lowest BCUT2D eigenvalue weighted by atomic mass is 9.85. The Morgan fingerprint density at radius 2 is 2.42 bits per heavy atom. The van der Waals surface area contributed by atoms with Crippen LogP contribution in [0.15, 0.2) is 12.4 Å². The van der Waals surface area contributed by atoms with Crippen LogP contribution >= 0.6 is 0 Å². The van der Waals surface area contributed by atoms with E-state index < -0.39 is 11.4 Å². The van der Waals surface area contributed by atoms with Gasteiger partial charge in [-0.15, -0.1) is 0 Å². The minimum atomic E-state index is -0.767. The highest BCUT2D eigenvalue weighted by atomic mass is 16.5. The van der Waals surface area contributed by atoms with Crippen molar-refractivity contribution in [3.05, 3.63) is 12.4 Å². The summed E-state index contributed by atoms with van der Waals surface area (Å²) in [6, 6.07) is -0.129. The van der Waals surface area contributed by atoms with Gasteiger partial charge >= 0.3 is 5.97 Å². The first kappa shape index (κ1) is 13.6. The van der Waals surface area contributed by atoms with E-state index in [0.717, 1.165) is 12.8 Å². The normalized spacial score (nSPS) is 26.1. The molecule has 2 rings (SSSR count). The average Bonchev–Trinajstić information content (AvgIpc) is 2.73. The van der Waals surface area contributed by atoms with Gasteiger partial charge in [-0.25, -0.2) is 0 Å². The van der Waals surface area contributed by atoms with Crippen molar-refractivity contribution < 1.29 is 14.6 Å². The van der Waals surface area contributed by atoms with Crippen LogP contribution < -0.4 is 10.1 Å². The van der Waals surface area contributed by atoms with E-state index in [4.69, 9.17) is 4.74 Å². The van der Waals surface area contributed by atoms with E-state index >= 15 is 0 Å². The van der Waals surface area contributed by atoms with Gasteiger partial charge in [0.2, 0.25) is 5.88 Å². The van der Waals surface area contributed by atoms with Crippen molar-refractivity contribution in [3.8, 4) is 5.88 Å². The zero-order valence-corrected chi connectivity index (χ0v) is 11.2. The molecule has 1 aliphatic carbocycles. The zero-order valence-electron chi connectivity index (χ0n) is 11.2. The molecule has 6 heteroatoms. The molecule has 2 unspecified atom stereocenters. The van der Waals surface area contributed by atoms with Crippen molar-refractivity contribution >= 4 is 11.8 Å². The van der Waals surface area contributed by atoms with Crippen molar-refractivity contribution in [2.75, 3.05) is 11.9 Å². The summed E-state index contributed by atoms with van der Waals surface area (Å²) in [5.41, 5.74) is -0.747. The predicted octanol–water partition coefficient (Wildman–Crippen LogP) is 1.93. The van der Waals surface area contributed by atoms with E-state index in [1.807, 2.05) is 6.92 Å². The highest BCUT2D eigenvalue weighted by Crippen LogP contribution is 2.39. The molecule has 0 amide bonds. The third-order valence-corrected chi connectivity index (χ3v) is 3.67. The number of hydrogen-bond acceptors (Lipinski definition) is 5. The number of carboxylic acid groups (broad SMARTS) is 1. The second kappa shape index (κ2) is 5.42. The van der Waals surface area contributed by atoms with Gasteiger partial charge in [0.1, 0.15) is 5.82 Å². The number of carboxylic acids is 1. The molecule has 19 heavy (non-hydrogen) atoms. The van der Waals surface area contributed by atoms with Gasteiger partial charge in [-0.05, 0) is 26.7 Å². The van der Waals surface area contributed by atoms with E-state index in [2.05, 4.69) is 15.3 Å². The summed E-state index contributed by atoms with van der Waals surface area (Å²) in [6.07, 6.45) is 5.53. The molecular weight excluding hydrogens is 246 g/mol. The van der Waals surface area contributed by atoms with E-state index in [9.17, 15) is 9.90 Å². The summed E-state index contributed by atoms with van der Waals surface area (Å²) in [5, 5.41) is 12.5. The first-order valence-electron chi connectivity index (χ1n) is 6.51. The number of aromatic nitrogens is 2. The van der Waals surface area contributed by atoms with Gasteiger partial charge in [-0.2, -0.15) is 4.98 Å². The van der Waals surface area contributed by atoms with Crippen LogP contribution in [0.1, 0.15) is 33.1 Å². The van der Waals surface area contributed by atoms with Gasteiger partial charge in [0.05, 0.1) is 24.4 Å². The Labute approximate surface area is 112 Å². The van der Waals surface area contributed by atoms with E-state index in [1.54, 1.807) is 19.3 Å². The van der Waals surface area contributed by atoms with E-state index in [1.165, 1.54) is 0 Å². The Kier molecular flexibility index (Phi) is 3.87. The van der Waals surface area contributed by atoms with Crippen molar-refractivity contribution in [2.24, 2.45) is 5.41 Å². The average molecular weight is 265 g/mol. The summed E-state index contributed by atoms with van der Waals surface area (Å²) in [4.78, 5) is 19.7. The molecule has 0 spiro atoms. The monoisotopic (exact) mass is 265 g/mol. The molecule has 6 nitrogen and oxygen atoms in total. The lowest BCUT2D eigenvalue weighted by Gasteiger charge is -2.28. The van der Waals surface area contributed by atoms with Crippen LogP contribution in [0.3, 0.4) is 0 Å². The molecule has 1 saturated carbocycles. The lowest BCUT2D eigenvalue weighted by molar-refractivity contribution is -0.147. The largest absolute Gasteiger partial charge is 0.481 e. The predicted molar refractivity (Wildman–Crippen MR) is 70.2 cm³/mol. The number of carbonyl (C=O) groups is 1. The third kappa shape index (κ3) is 2.77. The van der Waals surface area contributed by atoms with Crippen LogP contribution in [0.5, 0.6) is 5.88 Å². The Morgan fingerprint density at radius 3 is 3.11 bits per heavy atom. The first-order chi connectivity index (χ1) is 9.06. The summed E-state index contributed by atoms with van der Waals surface area (Å²) in [6.45, 7) is 4.18.